The third-order valence-corrected chi connectivity index (χ3v) is 3.63. The molecule has 0 aromatic heterocycles. The van der Waals surface area contributed by atoms with Gasteiger partial charge in [-0.25, -0.2) is 0 Å². The molecule has 2 heteroatoms. The zero-order valence-electron chi connectivity index (χ0n) is 11.5. The van der Waals surface area contributed by atoms with Crippen molar-refractivity contribution in [3.63, 3.8) is 0 Å². The van der Waals surface area contributed by atoms with Crippen molar-refractivity contribution in [2.45, 2.75) is 19.1 Å². The van der Waals surface area contributed by atoms with Crippen LogP contribution in [-0.4, -0.2) is 12.2 Å². The fraction of sp³-hybridized carbons (Fsp3) is 0.294. The van der Waals surface area contributed by atoms with Gasteiger partial charge in [0.2, 0.25) is 0 Å². The molecule has 2 rings (SSSR count). The highest BCUT2D eigenvalue weighted by atomic mass is 16.3. The number of benzene rings is 2. The SMILES string of the molecule is CN[C@@H](c1ccccc1)[C@H](C)[C@H](O)c1ccccc1. The number of hydrogen-bond donors (Lipinski definition) is 2. The van der Waals surface area contributed by atoms with Gasteiger partial charge in [-0.05, 0) is 18.2 Å². The Bertz CT molecular complexity index is 483. The molecule has 0 radical (unpaired) electrons. The molecule has 0 aliphatic rings. The Morgan fingerprint density at radius 3 is 1.79 bits per heavy atom. The largest absolute Gasteiger partial charge is 0.388 e. The van der Waals surface area contributed by atoms with Crippen LogP contribution in [0.25, 0.3) is 0 Å². The van der Waals surface area contributed by atoms with Crippen molar-refractivity contribution in [1.29, 1.82) is 0 Å². The van der Waals surface area contributed by atoms with Crippen LogP contribution in [0, 0.1) is 5.92 Å². The van der Waals surface area contributed by atoms with Crippen molar-refractivity contribution in [2.75, 3.05) is 7.05 Å². The van der Waals surface area contributed by atoms with E-state index in [-0.39, 0.29) is 12.0 Å². The molecule has 0 bridgehead atoms. The summed E-state index contributed by atoms with van der Waals surface area (Å²) in [6.07, 6.45) is -0.473. The van der Waals surface area contributed by atoms with Crippen molar-refractivity contribution in [3.05, 3.63) is 71.8 Å². The maximum atomic E-state index is 10.5. The van der Waals surface area contributed by atoms with Crippen molar-refractivity contribution in [2.24, 2.45) is 5.92 Å². The highest BCUT2D eigenvalue weighted by molar-refractivity contribution is 5.23. The summed E-state index contributed by atoms with van der Waals surface area (Å²) in [4.78, 5) is 0. The van der Waals surface area contributed by atoms with Crippen LogP contribution in [0.1, 0.15) is 30.2 Å². The second-order valence-corrected chi connectivity index (χ2v) is 4.89. The van der Waals surface area contributed by atoms with Gasteiger partial charge in [0, 0.05) is 12.0 Å². The maximum Gasteiger partial charge on any atom is 0.0833 e. The Balaban J connectivity index is 2.20. The van der Waals surface area contributed by atoms with Crippen LogP contribution in [0.15, 0.2) is 60.7 Å². The van der Waals surface area contributed by atoms with E-state index in [1.165, 1.54) is 5.56 Å². The van der Waals surface area contributed by atoms with E-state index >= 15 is 0 Å². The summed E-state index contributed by atoms with van der Waals surface area (Å²) in [7, 11) is 1.94. The highest BCUT2D eigenvalue weighted by Gasteiger charge is 2.25. The average molecular weight is 255 g/mol. The molecule has 100 valence electrons. The molecule has 0 aliphatic heterocycles. The molecule has 3 atom stereocenters. The van der Waals surface area contributed by atoms with Crippen LogP contribution >= 0.6 is 0 Å². The van der Waals surface area contributed by atoms with Gasteiger partial charge in [-0.1, -0.05) is 67.6 Å². The molecular weight excluding hydrogens is 234 g/mol. The Kier molecular flexibility index (Phi) is 4.72. The van der Waals surface area contributed by atoms with Crippen molar-refractivity contribution < 1.29 is 5.11 Å². The molecular formula is C17H21NO. The normalized spacial score (nSPS) is 15.7. The molecule has 2 N–H and O–H groups in total. The molecule has 0 saturated heterocycles. The van der Waals surface area contributed by atoms with Crippen LogP contribution in [0.2, 0.25) is 0 Å². The first kappa shape index (κ1) is 13.8. The Labute approximate surface area is 115 Å². The number of hydrogen-bond acceptors (Lipinski definition) is 2. The zero-order chi connectivity index (χ0) is 13.7. The first-order valence-corrected chi connectivity index (χ1v) is 6.69. The number of rotatable bonds is 5. The summed E-state index contributed by atoms with van der Waals surface area (Å²) in [5.41, 5.74) is 2.17. The van der Waals surface area contributed by atoms with Crippen molar-refractivity contribution in [1.82, 2.24) is 5.32 Å². The predicted molar refractivity (Wildman–Crippen MR) is 78.8 cm³/mol. The van der Waals surface area contributed by atoms with Crippen LogP contribution in [0.3, 0.4) is 0 Å². The van der Waals surface area contributed by atoms with Crippen molar-refractivity contribution >= 4 is 0 Å². The van der Waals surface area contributed by atoms with Crippen LogP contribution in [0.4, 0.5) is 0 Å². The van der Waals surface area contributed by atoms with Crippen LogP contribution < -0.4 is 5.32 Å². The number of aliphatic hydroxyl groups is 1. The van der Waals surface area contributed by atoms with Gasteiger partial charge >= 0.3 is 0 Å². The lowest BCUT2D eigenvalue weighted by atomic mass is 9.87. The molecule has 0 unspecified atom stereocenters. The molecule has 0 aliphatic carbocycles. The summed E-state index contributed by atoms with van der Waals surface area (Å²) < 4.78 is 0. The Hall–Kier alpha value is -1.64. The summed E-state index contributed by atoms with van der Waals surface area (Å²) >= 11 is 0. The number of aliphatic hydroxyl groups excluding tert-OH is 1. The molecule has 2 aromatic rings. The smallest absolute Gasteiger partial charge is 0.0833 e. The molecule has 2 nitrogen and oxygen atoms in total. The summed E-state index contributed by atoms with van der Waals surface area (Å²) in [5.74, 6) is 0.0924. The van der Waals surface area contributed by atoms with E-state index in [0.29, 0.717) is 0 Å². The summed E-state index contributed by atoms with van der Waals surface area (Å²) in [6.45, 7) is 2.08. The fourth-order valence-electron chi connectivity index (χ4n) is 2.53. The molecule has 0 fully saturated rings. The second-order valence-electron chi connectivity index (χ2n) is 4.89. The Morgan fingerprint density at radius 1 is 0.842 bits per heavy atom. The lowest BCUT2D eigenvalue weighted by Crippen LogP contribution is -2.27. The minimum atomic E-state index is -0.473. The third-order valence-electron chi connectivity index (χ3n) is 3.63. The first-order valence-electron chi connectivity index (χ1n) is 6.69. The fourth-order valence-corrected chi connectivity index (χ4v) is 2.53. The van der Waals surface area contributed by atoms with Gasteiger partial charge in [0.15, 0.2) is 0 Å². The van der Waals surface area contributed by atoms with Crippen LogP contribution in [-0.2, 0) is 0 Å². The van der Waals surface area contributed by atoms with Gasteiger partial charge in [-0.15, -0.1) is 0 Å². The van der Waals surface area contributed by atoms with Gasteiger partial charge in [0.25, 0.3) is 0 Å². The van der Waals surface area contributed by atoms with Gasteiger partial charge in [0.05, 0.1) is 6.10 Å². The van der Waals surface area contributed by atoms with Gasteiger partial charge in [0.1, 0.15) is 0 Å². The third kappa shape index (κ3) is 3.22. The quantitative estimate of drug-likeness (QED) is 0.859. The topological polar surface area (TPSA) is 32.3 Å². The maximum absolute atomic E-state index is 10.5. The monoisotopic (exact) mass is 255 g/mol. The standard InChI is InChI=1S/C17H21NO/c1-13(17(19)15-11-7-4-8-12-15)16(18-2)14-9-5-3-6-10-14/h3-13,16-19H,1-2H3/t13-,16+,17-/m0/s1. The van der Waals surface area contributed by atoms with E-state index < -0.39 is 6.10 Å². The minimum Gasteiger partial charge on any atom is -0.388 e. The van der Waals surface area contributed by atoms with E-state index in [4.69, 9.17) is 0 Å². The second kappa shape index (κ2) is 6.50. The zero-order valence-corrected chi connectivity index (χ0v) is 11.5. The first-order chi connectivity index (χ1) is 9.24. The van der Waals surface area contributed by atoms with E-state index in [0.717, 1.165) is 5.56 Å². The summed E-state index contributed by atoms with van der Waals surface area (Å²) in [5, 5.41) is 13.8. The van der Waals surface area contributed by atoms with E-state index in [9.17, 15) is 5.11 Å². The Morgan fingerprint density at radius 2 is 1.32 bits per heavy atom. The molecule has 2 aromatic carbocycles. The van der Waals surface area contributed by atoms with Crippen molar-refractivity contribution in [3.8, 4) is 0 Å². The number of nitrogens with one attached hydrogen (secondary N) is 1. The predicted octanol–water partition coefficient (Wildman–Crippen LogP) is 3.32. The van der Waals surface area contributed by atoms with Crippen LogP contribution in [0.5, 0.6) is 0 Å². The van der Waals surface area contributed by atoms with Gasteiger partial charge < -0.3 is 10.4 Å². The molecule has 0 amide bonds. The lowest BCUT2D eigenvalue weighted by molar-refractivity contribution is 0.0956. The van der Waals surface area contributed by atoms with Gasteiger partial charge in [-0.2, -0.15) is 0 Å². The van der Waals surface area contributed by atoms with E-state index in [2.05, 4.69) is 24.4 Å². The summed E-state index contributed by atoms with van der Waals surface area (Å²) in [6, 6.07) is 20.2. The average Bonchev–Trinajstić information content (AvgIpc) is 2.49. The van der Waals surface area contributed by atoms with E-state index in [1.807, 2.05) is 55.6 Å². The molecule has 19 heavy (non-hydrogen) atoms. The lowest BCUT2D eigenvalue weighted by Gasteiger charge is -2.28. The molecule has 0 spiro atoms. The molecule has 0 heterocycles. The highest BCUT2D eigenvalue weighted by Crippen LogP contribution is 2.32. The van der Waals surface area contributed by atoms with Gasteiger partial charge in [-0.3, -0.25) is 0 Å². The minimum absolute atomic E-state index is 0.0924. The van der Waals surface area contributed by atoms with E-state index in [1.54, 1.807) is 0 Å². The molecule has 0 saturated carbocycles.